The Bertz CT molecular complexity index is 647. The lowest BCUT2D eigenvalue weighted by Gasteiger charge is -2.10. The highest BCUT2D eigenvalue weighted by atomic mass is 16.5. The Kier molecular flexibility index (Phi) is 6.67. The Hall–Kier alpha value is -2.49. The van der Waals surface area contributed by atoms with Crippen LogP contribution in [0.5, 0.6) is 11.5 Å². The molecule has 0 saturated heterocycles. The summed E-state index contributed by atoms with van der Waals surface area (Å²) in [6.45, 7) is 7.29. The Labute approximate surface area is 143 Å². The molecule has 2 aromatic rings. The summed E-state index contributed by atoms with van der Waals surface area (Å²) in [6.07, 6.45) is 0. The molecule has 0 bridgehead atoms. The van der Waals surface area contributed by atoms with E-state index in [0.29, 0.717) is 37.1 Å². The van der Waals surface area contributed by atoms with Crippen molar-refractivity contribution in [2.24, 2.45) is 0 Å². The fourth-order valence-corrected chi connectivity index (χ4v) is 2.20. The summed E-state index contributed by atoms with van der Waals surface area (Å²) >= 11 is 0. The zero-order chi connectivity index (χ0) is 17.4. The minimum Gasteiger partial charge on any atom is -0.490 e. The molecule has 0 fully saturated rings. The molecule has 0 radical (unpaired) electrons. The van der Waals surface area contributed by atoms with E-state index >= 15 is 0 Å². The molecule has 0 amide bonds. The lowest BCUT2D eigenvalue weighted by molar-refractivity contribution is 0.0526. The van der Waals surface area contributed by atoms with E-state index in [4.69, 9.17) is 14.2 Å². The minimum atomic E-state index is -0.343. The molecule has 0 heterocycles. The van der Waals surface area contributed by atoms with Gasteiger partial charge in [-0.05, 0) is 48.7 Å². The molecular weight excluding hydrogens is 304 g/mol. The maximum atomic E-state index is 11.7. The van der Waals surface area contributed by atoms with Gasteiger partial charge in [0.2, 0.25) is 0 Å². The summed E-state index contributed by atoms with van der Waals surface area (Å²) in [4.78, 5) is 11.7. The van der Waals surface area contributed by atoms with E-state index < -0.39 is 0 Å². The van der Waals surface area contributed by atoms with Crippen molar-refractivity contribution in [3.63, 3.8) is 0 Å². The summed E-state index contributed by atoms with van der Waals surface area (Å²) in [7, 11) is 0. The maximum absolute atomic E-state index is 11.7. The average Bonchev–Trinajstić information content (AvgIpc) is 2.59. The van der Waals surface area contributed by atoms with Gasteiger partial charge < -0.3 is 14.2 Å². The van der Waals surface area contributed by atoms with Crippen LogP contribution in [-0.4, -0.2) is 25.8 Å². The van der Waals surface area contributed by atoms with Crippen molar-refractivity contribution in [2.75, 3.05) is 19.8 Å². The van der Waals surface area contributed by atoms with E-state index in [1.807, 2.05) is 12.1 Å². The van der Waals surface area contributed by atoms with Crippen molar-refractivity contribution in [3.8, 4) is 11.5 Å². The largest absolute Gasteiger partial charge is 0.490 e. The smallest absolute Gasteiger partial charge is 0.338 e. The predicted octanol–water partition coefficient (Wildman–Crippen LogP) is 4.44. The van der Waals surface area contributed by atoms with Crippen LogP contribution in [0, 0.1) is 0 Å². The Morgan fingerprint density at radius 2 is 1.62 bits per heavy atom. The molecule has 0 aliphatic rings. The van der Waals surface area contributed by atoms with Crippen LogP contribution in [0.15, 0.2) is 48.5 Å². The van der Waals surface area contributed by atoms with Gasteiger partial charge in [0.05, 0.1) is 12.2 Å². The number of benzene rings is 2. The van der Waals surface area contributed by atoms with Crippen molar-refractivity contribution in [2.45, 2.75) is 26.7 Å². The number of carbonyl (C=O) groups excluding carboxylic acids is 1. The molecule has 4 nitrogen and oxygen atoms in total. The molecule has 0 saturated carbocycles. The van der Waals surface area contributed by atoms with Gasteiger partial charge in [0.25, 0.3) is 0 Å². The third-order valence-electron chi connectivity index (χ3n) is 3.51. The van der Waals surface area contributed by atoms with Crippen LogP contribution in [-0.2, 0) is 4.74 Å². The Morgan fingerprint density at radius 1 is 0.958 bits per heavy atom. The molecule has 2 aromatic carbocycles. The normalized spacial score (nSPS) is 10.5. The first-order valence-electron chi connectivity index (χ1n) is 8.23. The van der Waals surface area contributed by atoms with Gasteiger partial charge >= 0.3 is 5.97 Å². The van der Waals surface area contributed by atoms with Gasteiger partial charge in [-0.15, -0.1) is 0 Å². The third kappa shape index (κ3) is 5.30. The van der Waals surface area contributed by atoms with Crippen LogP contribution in [0.25, 0.3) is 0 Å². The second-order valence-corrected chi connectivity index (χ2v) is 5.67. The van der Waals surface area contributed by atoms with E-state index in [-0.39, 0.29) is 5.97 Å². The van der Waals surface area contributed by atoms with Gasteiger partial charge in [-0.25, -0.2) is 4.79 Å². The van der Waals surface area contributed by atoms with Gasteiger partial charge in [-0.2, -0.15) is 0 Å². The SMILES string of the molecule is CCOC(=O)c1cccc(OCCOc2ccc(C(C)C)cc2)c1. The molecule has 0 aliphatic carbocycles. The van der Waals surface area contributed by atoms with Crippen LogP contribution >= 0.6 is 0 Å². The molecule has 24 heavy (non-hydrogen) atoms. The highest BCUT2D eigenvalue weighted by Crippen LogP contribution is 2.19. The lowest BCUT2D eigenvalue weighted by Crippen LogP contribution is -2.10. The fraction of sp³-hybridized carbons (Fsp3) is 0.350. The number of carbonyl (C=O) groups is 1. The summed E-state index contributed by atoms with van der Waals surface area (Å²) in [5.41, 5.74) is 1.77. The molecule has 0 atom stereocenters. The number of ether oxygens (including phenoxy) is 3. The summed E-state index contributed by atoms with van der Waals surface area (Å²) in [5, 5.41) is 0. The zero-order valence-corrected chi connectivity index (χ0v) is 14.5. The molecule has 0 N–H and O–H groups in total. The van der Waals surface area contributed by atoms with E-state index in [2.05, 4.69) is 26.0 Å². The quantitative estimate of drug-likeness (QED) is 0.531. The van der Waals surface area contributed by atoms with Crippen LogP contribution in [0.4, 0.5) is 0 Å². The van der Waals surface area contributed by atoms with Gasteiger partial charge in [-0.3, -0.25) is 0 Å². The van der Waals surface area contributed by atoms with Gasteiger partial charge in [-0.1, -0.05) is 32.0 Å². The fourth-order valence-electron chi connectivity index (χ4n) is 2.20. The molecule has 4 heteroatoms. The monoisotopic (exact) mass is 328 g/mol. The van der Waals surface area contributed by atoms with Crippen molar-refractivity contribution in [1.82, 2.24) is 0 Å². The minimum absolute atomic E-state index is 0.343. The van der Waals surface area contributed by atoms with E-state index in [9.17, 15) is 4.79 Å². The topological polar surface area (TPSA) is 44.8 Å². The van der Waals surface area contributed by atoms with E-state index in [1.165, 1.54) is 5.56 Å². The van der Waals surface area contributed by atoms with Crippen LogP contribution < -0.4 is 9.47 Å². The molecule has 0 aliphatic heterocycles. The Morgan fingerprint density at radius 3 is 2.25 bits per heavy atom. The van der Waals surface area contributed by atoms with Crippen LogP contribution in [0.3, 0.4) is 0 Å². The molecule has 0 unspecified atom stereocenters. The first-order valence-corrected chi connectivity index (χ1v) is 8.23. The third-order valence-corrected chi connectivity index (χ3v) is 3.51. The highest BCUT2D eigenvalue weighted by molar-refractivity contribution is 5.89. The molecule has 0 aromatic heterocycles. The first-order chi connectivity index (χ1) is 11.6. The first kappa shape index (κ1) is 17.9. The van der Waals surface area contributed by atoms with Crippen LogP contribution in [0.1, 0.15) is 42.6 Å². The number of hydrogen-bond donors (Lipinski definition) is 0. The van der Waals surface area contributed by atoms with Crippen molar-refractivity contribution >= 4 is 5.97 Å². The standard InChI is InChI=1S/C20H24O4/c1-4-22-20(21)17-6-5-7-19(14-17)24-13-12-23-18-10-8-16(9-11-18)15(2)3/h5-11,14-15H,4,12-13H2,1-3H3. The molecule has 2 rings (SSSR count). The molecule has 0 spiro atoms. The predicted molar refractivity (Wildman–Crippen MR) is 93.9 cm³/mol. The van der Waals surface area contributed by atoms with Crippen molar-refractivity contribution in [3.05, 3.63) is 59.7 Å². The summed E-state index contributed by atoms with van der Waals surface area (Å²) in [6, 6.07) is 15.0. The average molecular weight is 328 g/mol. The molecule has 128 valence electrons. The number of esters is 1. The maximum Gasteiger partial charge on any atom is 0.338 e. The lowest BCUT2D eigenvalue weighted by atomic mass is 10.0. The highest BCUT2D eigenvalue weighted by Gasteiger charge is 2.07. The van der Waals surface area contributed by atoms with Gasteiger partial charge in [0.15, 0.2) is 0 Å². The second-order valence-electron chi connectivity index (χ2n) is 5.67. The summed E-state index contributed by atoms with van der Waals surface area (Å²) < 4.78 is 16.3. The van der Waals surface area contributed by atoms with Crippen molar-refractivity contribution < 1.29 is 19.0 Å². The van der Waals surface area contributed by atoms with Gasteiger partial charge in [0, 0.05) is 0 Å². The number of hydrogen-bond acceptors (Lipinski definition) is 4. The molecular formula is C20H24O4. The zero-order valence-electron chi connectivity index (χ0n) is 14.5. The van der Waals surface area contributed by atoms with Crippen LogP contribution in [0.2, 0.25) is 0 Å². The van der Waals surface area contributed by atoms with Crippen molar-refractivity contribution in [1.29, 1.82) is 0 Å². The Balaban J connectivity index is 1.80. The van der Waals surface area contributed by atoms with E-state index in [1.54, 1.807) is 31.2 Å². The van der Waals surface area contributed by atoms with Gasteiger partial charge in [0.1, 0.15) is 24.7 Å². The number of rotatable bonds is 8. The van der Waals surface area contributed by atoms with E-state index in [0.717, 1.165) is 5.75 Å². The summed E-state index contributed by atoms with van der Waals surface area (Å²) in [5.74, 6) is 1.61. The second kappa shape index (κ2) is 8.96.